The molecule has 0 spiro atoms. The third kappa shape index (κ3) is 4.32. The van der Waals surface area contributed by atoms with Crippen LogP contribution in [0.1, 0.15) is 56.6 Å². The highest BCUT2D eigenvalue weighted by Gasteiger charge is 2.28. The lowest BCUT2D eigenvalue weighted by Gasteiger charge is -2.28. The van der Waals surface area contributed by atoms with E-state index in [4.69, 9.17) is 9.72 Å². The molecule has 0 bridgehead atoms. The third-order valence-electron chi connectivity index (χ3n) is 6.95. The number of amides is 1. The van der Waals surface area contributed by atoms with Gasteiger partial charge in [-0.25, -0.2) is 9.97 Å². The molecule has 2 aliphatic rings. The maximum absolute atomic E-state index is 13.3. The Morgan fingerprint density at radius 3 is 2.61 bits per heavy atom. The molecule has 0 radical (unpaired) electrons. The van der Waals surface area contributed by atoms with Crippen LogP contribution < -0.4 is 20.9 Å². The summed E-state index contributed by atoms with van der Waals surface area (Å²) in [4.78, 5) is 33.5. The molecule has 36 heavy (non-hydrogen) atoms. The second-order valence-electron chi connectivity index (χ2n) is 9.69. The van der Waals surface area contributed by atoms with E-state index < -0.39 is 0 Å². The van der Waals surface area contributed by atoms with Crippen LogP contribution in [0.3, 0.4) is 0 Å². The van der Waals surface area contributed by atoms with E-state index in [0.717, 1.165) is 23.9 Å². The lowest BCUT2D eigenvalue weighted by atomic mass is 9.92. The van der Waals surface area contributed by atoms with E-state index in [1.165, 1.54) is 31.7 Å². The van der Waals surface area contributed by atoms with E-state index in [1.54, 1.807) is 18.3 Å². The molecule has 0 saturated heterocycles. The molecule has 0 atom stereocenters. The number of imidazole rings is 1. The number of carbonyl (C=O) groups is 1. The van der Waals surface area contributed by atoms with Crippen molar-refractivity contribution in [2.45, 2.75) is 51.0 Å². The number of pyridine rings is 2. The average molecular weight is 485 g/mol. The number of benzene rings is 1. The predicted molar refractivity (Wildman–Crippen MR) is 138 cm³/mol. The molecule has 2 N–H and O–H groups in total. The highest BCUT2D eigenvalue weighted by molar-refractivity contribution is 5.87. The van der Waals surface area contributed by atoms with Gasteiger partial charge in [0, 0.05) is 44.5 Å². The second-order valence-corrected chi connectivity index (χ2v) is 9.69. The number of anilines is 3. The fourth-order valence-electron chi connectivity index (χ4n) is 4.61. The number of hydrogen-bond acceptors (Lipinski definition) is 6. The Morgan fingerprint density at radius 1 is 1.08 bits per heavy atom. The molecule has 4 aromatic rings. The standard InChI is InChI=1S/C27H28N6O3/c1-16(34)29-25-14-21(10-11-28-25)36-20-8-9-22-24(13-20)32(2)27(30-22)31-23-12-18(17-6-7-17)15-33(26(23)35)19-4-3-5-19/h8-15,17,19H,3-7H2,1-2H3,(H,30,31)(H,28,29,34). The van der Waals surface area contributed by atoms with Crippen molar-refractivity contribution in [3.63, 3.8) is 0 Å². The smallest absolute Gasteiger partial charge is 0.274 e. The number of ether oxygens (including phenoxy) is 1. The number of aromatic nitrogens is 4. The number of carbonyl (C=O) groups excluding carboxylic acids is 1. The number of rotatable bonds is 7. The number of nitrogens with zero attached hydrogens (tertiary/aromatic N) is 4. The topological polar surface area (TPSA) is 103 Å². The van der Waals surface area contributed by atoms with Crippen LogP contribution in [0.15, 0.2) is 53.6 Å². The molecule has 9 heteroatoms. The molecule has 2 aliphatic carbocycles. The summed E-state index contributed by atoms with van der Waals surface area (Å²) in [6, 6.07) is 11.3. The van der Waals surface area contributed by atoms with Gasteiger partial charge in [-0.05, 0) is 67.9 Å². The van der Waals surface area contributed by atoms with E-state index >= 15 is 0 Å². The molecule has 0 aliphatic heterocycles. The first-order valence-electron chi connectivity index (χ1n) is 12.4. The monoisotopic (exact) mass is 484 g/mol. The molecule has 184 valence electrons. The summed E-state index contributed by atoms with van der Waals surface area (Å²) in [6.07, 6.45) is 9.32. The summed E-state index contributed by atoms with van der Waals surface area (Å²) in [5, 5.41) is 5.97. The minimum atomic E-state index is -0.196. The van der Waals surface area contributed by atoms with Crippen molar-refractivity contribution >= 4 is 34.4 Å². The van der Waals surface area contributed by atoms with Gasteiger partial charge in [-0.3, -0.25) is 9.59 Å². The van der Waals surface area contributed by atoms with Crippen molar-refractivity contribution in [1.29, 1.82) is 0 Å². The fraction of sp³-hybridized carbons (Fsp3) is 0.333. The zero-order chi connectivity index (χ0) is 24.8. The molecule has 2 fully saturated rings. The fourth-order valence-corrected chi connectivity index (χ4v) is 4.61. The summed E-state index contributed by atoms with van der Waals surface area (Å²) in [5.41, 5.74) is 3.47. The molecule has 0 unspecified atom stereocenters. The summed E-state index contributed by atoms with van der Waals surface area (Å²) >= 11 is 0. The van der Waals surface area contributed by atoms with Gasteiger partial charge >= 0.3 is 0 Å². The lowest BCUT2D eigenvalue weighted by Crippen LogP contribution is -2.30. The Balaban J connectivity index is 1.29. The number of fused-ring (bicyclic) bond motifs is 1. The van der Waals surface area contributed by atoms with Crippen molar-refractivity contribution < 1.29 is 9.53 Å². The summed E-state index contributed by atoms with van der Waals surface area (Å²) in [5.74, 6) is 2.57. The normalized spacial score (nSPS) is 15.5. The molecule has 6 rings (SSSR count). The first-order chi connectivity index (χ1) is 17.4. The van der Waals surface area contributed by atoms with Crippen LogP contribution in [-0.2, 0) is 11.8 Å². The lowest BCUT2D eigenvalue weighted by molar-refractivity contribution is -0.114. The molecule has 3 heterocycles. The van der Waals surface area contributed by atoms with Crippen LogP contribution in [0.5, 0.6) is 11.5 Å². The van der Waals surface area contributed by atoms with Crippen LogP contribution in [0.4, 0.5) is 17.5 Å². The van der Waals surface area contributed by atoms with Crippen molar-refractivity contribution in [2.24, 2.45) is 7.05 Å². The molecule has 1 amide bonds. The van der Waals surface area contributed by atoms with Crippen molar-refractivity contribution in [3.8, 4) is 11.5 Å². The number of nitrogens with one attached hydrogen (secondary N) is 2. The van der Waals surface area contributed by atoms with Crippen molar-refractivity contribution in [3.05, 3.63) is 64.7 Å². The first-order valence-corrected chi connectivity index (χ1v) is 12.4. The van der Waals surface area contributed by atoms with Gasteiger partial charge in [0.2, 0.25) is 11.9 Å². The van der Waals surface area contributed by atoms with Crippen LogP contribution in [0.25, 0.3) is 11.0 Å². The van der Waals surface area contributed by atoms with Crippen LogP contribution in [0.2, 0.25) is 0 Å². The minimum absolute atomic E-state index is 0.00726. The van der Waals surface area contributed by atoms with E-state index in [2.05, 4.69) is 21.8 Å². The maximum Gasteiger partial charge on any atom is 0.274 e. The van der Waals surface area contributed by atoms with Crippen LogP contribution in [0, 0.1) is 0 Å². The summed E-state index contributed by atoms with van der Waals surface area (Å²) in [7, 11) is 1.91. The zero-order valence-electron chi connectivity index (χ0n) is 20.3. The van der Waals surface area contributed by atoms with E-state index in [0.29, 0.717) is 40.9 Å². The Bertz CT molecular complexity index is 1530. The highest BCUT2D eigenvalue weighted by Crippen LogP contribution is 2.41. The van der Waals surface area contributed by atoms with E-state index in [9.17, 15) is 9.59 Å². The van der Waals surface area contributed by atoms with Crippen molar-refractivity contribution in [1.82, 2.24) is 19.1 Å². The number of aryl methyl sites for hydroxylation is 1. The molecule has 9 nitrogen and oxygen atoms in total. The third-order valence-corrected chi connectivity index (χ3v) is 6.95. The predicted octanol–water partition coefficient (Wildman–Crippen LogP) is 5.23. The second kappa shape index (κ2) is 8.82. The molecule has 2 saturated carbocycles. The van der Waals surface area contributed by atoms with Gasteiger partial charge in [0.25, 0.3) is 5.56 Å². The zero-order valence-corrected chi connectivity index (χ0v) is 20.3. The number of hydrogen-bond donors (Lipinski definition) is 2. The van der Waals surface area contributed by atoms with Gasteiger partial charge in [0.1, 0.15) is 23.0 Å². The molecule has 1 aromatic carbocycles. The Labute approximate surface area is 208 Å². The van der Waals surface area contributed by atoms with Gasteiger partial charge in [0.15, 0.2) is 0 Å². The minimum Gasteiger partial charge on any atom is -0.457 e. The Morgan fingerprint density at radius 2 is 1.89 bits per heavy atom. The Kier molecular flexibility index (Phi) is 5.47. The van der Waals surface area contributed by atoms with E-state index in [-0.39, 0.29) is 11.5 Å². The summed E-state index contributed by atoms with van der Waals surface area (Å²) in [6.45, 7) is 1.43. The highest BCUT2D eigenvalue weighted by atomic mass is 16.5. The van der Waals surface area contributed by atoms with Gasteiger partial charge in [0.05, 0.1) is 11.0 Å². The molecular weight excluding hydrogens is 456 g/mol. The average Bonchev–Trinajstić information content (AvgIpc) is 3.61. The van der Waals surface area contributed by atoms with Crippen molar-refractivity contribution in [2.75, 3.05) is 10.6 Å². The van der Waals surface area contributed by atoms with Crippen LogP contribution in [-0.4, -0.2) is 25.0 Å². The van der Waals surface area contributed by atoms with E-state index in [1.807, 2.05) is 40.4 Å². The van der Waals surface area contributed by atoms with Gasteiger partial charge in [-0.1, -0.05) is 0 Å². The van der Waals surface area contributed by atoms with Gasteiger partial charge in [-0.2, -0.15) is 0 Å². The van der Waals surface area contributed by atoms with Gasteiger partial charge < -0.3 is 24.5 Å². The first kappa shape index (κ1) is 22.3. The SMILES string of the molecule is CC(=O)Nc1cc(Oc2ccc3nc(Nc4cc(C5CC5)cn(C5CCC5)c4=O)n(C)c3c2)ccn1. The van der Waals surface area contributed by atoms with Gasteiger partial charge in [-0.15, -0.1) is 0 Å². The molecular formula is C27H28N6O3. The molecule has 3 aromatic heterocycles. The summed E-state index contributed by atoms with van der Waals surface area (Å²) < 4.78 is 9.87. The largest absolute Gasteiger partial charge is 0.457 e. The van der Waals surface area contributed by atoms with Crippen LogP contribution >= 0.6 is 0 Å². The Hall–Kier alpha value is -4.14. The maximum atomic E-state index is 13.3. The quantitative estimate of drug-likeness (QED) is 0.372.